The molecule has 1 aromatic carbocycles. The van der Waals surface area contributed by atoms with Crippen LogP contribution in [0.4, 0.5) is 15.6 Å². The Morgan fingerprint density at radius 1 is 1.28 bits per heavy atom. The molecule has 0 spiro atoms. The number of likely N-dealkylation sites (N-methyl/N-ethyl adjacent to an activating group) is 1. The van der Waals surface area contributed by atoms with E-state index >= 15 is 0 Å². The van der Waals surface area contributed by atoms with Gasteiger partial charge in [-0.1, -0.05) is 0 Å². The molecule has 1 aromatic heterocycles. The summed E-state index contributed by atoms with van der Waals surface area (Å²) in [6.45, 7) is 3.23. The third kappa shape index (κ3) is 4.47. The maximum Gasteiger partial charge on any atom is 0.302 e. The number of benzene rings is 1. The quantitative estimate of drug-likeness (QED) is 0.496. The van der Waals surface area contributed by atoms with Crippen molar-refractivity contribution in [2.45, 2.75) is 0 Å². The Hall–Kier alpha value is -2.17. The number of aromatic nitrogens is 1. The van der Waals surface area contributed by atoms with Gasteiger partial charge in [0.05, 0.1) is 10.6 Å². The highest BCUT2D eigenvalue weighted by atomic mass is 32.2. The zero-order chi connectivity index (χ0) is 17.8. The molecule has 1 aliphatic rings. The fourth-order valence-corrected chi connectivity index (χ4v) is 3.76. The Morgan fingerprint density at radius 2 is 1.96 bits per heavy atom. The number of piperazine rings is 1. The highest BCUT2D eigenvalue weighted by Gasteiger charge is 2.20. The highest BCUT2D eigenvalue weighted by molar-refractivity contribution is 8.14. The van der Waals surface area contributed by atoms with E-state index in [1.165, 1.54) is 23.5 Å². The summed E-state index contributed by atoms with van der Waals surface area (Å²) in [6.07, 6.45) is 0. The van der Waals surface area contributed by atoms with Crippen LogP contribution in [-0.4, -0.2) is 58.2 Å². The molecule has 0 bridgehead atoms. The number of anilines is 1. The maximum absolute atomic E-state index is 12.2. The minimum atomic E-state index is -0.432. The Labute approximate surface area is 153 Å². The summed E-state index contributed by atoms with van der Waals surface area (Å²) >= 11 is 2.42. The van der Waals surface area contributed by atoms with Gasteiger partial charge in [-0.3, -0.25) is 19.6 Å². The van der Waals surface area contributed by atoms with E-state index in [0.717, 1.165) is 49.4 Å². The van der Waals surface area contributed by atoms with Gasteiger partial charge in [-0.25, -0.2) is 4.98 Å². The van der Waals surface area contributed by atoms with Crippen molar-refractivity contribution < 1.29 is 9.72 Å². The lowest BCUT2D eigenvalue weighted by Crippen LogP contribution is -2.46. The number of carbonyl (C=O) groups excluding carboxylic acids is 1. The van der Waals surface area contributed by atoms with Gasteiger partial charge < -0.3 is 9.80 Å². The SMILES string of the molecule is CN1CCN(C(=O)SNc2nc(-c3ccc([N+](=O)[O-])cc3)cs2)CC1. The van der Waals surface area contributed by atoms with E-state index in [4.69, 9.17) is 0 Å². The summed E-state index contributed by atoms with van der Waals surface area (Å²) in [4.78, 5) is 30.9. The number of thiazole rings is 1. The lowest BCUT2D eigenvalue weighted by Gasteiger charge is -2.31. The van der Waals surface area contributed by atoms with Gasteiger partial charge >= 0.3 is 5.24 Å². The maximum atomic E-state index is 12.2. The Morgan fingerprint density at radius 3 is 2.60 bits per heavy atom. The molecule has 0 atom stereocenters. The average Bonchev–Trinajstić information content (AvgIpc) is 3.09. The first-order valence-corrected chi connectivity index (χ1v) is 9.33. The van der Waals surface area contributed by atoms with Crippen LogP contribution in [-0.2, 0) is 0 Å². The number of hydrogen-bond acceptors (Lipinski definition) is 8. The zero-order valence-corrected chi connectivity index (χ0v) is 15.2. The van der Waals surface area contributed by atoms with E-state index in [0.29, 0.717) is 5.13 Å². The fourth-order valence-electron chi connectivity index (χ4n) is 2.35. The van der Waals surface area contributed by atoms with Gasteiger partial charge in [0.15, 0.2) is 5.13 Å². The third-order valence-corrected chi connectivity index (χ3v) is 5.48. The van der Waals surface area contributed by atoms with E-state index in [1.807, 2.05) is 17.3 Å². The van der Waals surface area contributed by atoms with Crippen LogP contribution in [0, 0.1) is 10.1 Å². The van der Waals surface area contributed by atoms with Gasteiger partial charge in [0.1, 0.15) is 0 Å². The number of nitrogens with zero attached hydrogens (tertiary/aromatic N) is 4. The van der Waals surface area contributed by atoms with Gasteiger partial charge in [-0.05, 0) is 19.2 Å². The van der Waals surface area contributed by atoms with Gasteiger partial charge in [-0.15, -0.1) is 11.3 Å². The number of nitro benzene ring substituents is 1. The molecule has 1 aliphatic heterocycles. The molecule has 1 saturated heterocycles. The molecule has 0 radical (unpaired) electrons. The molecule has 0 unspecified atom stereocenters. The van der Waals surface area contributed by atoms with Gasteiger partial charge in [-0.2, -0.15) is 0 Å². The van der Waals surface area contributed by atoms with Crippen LogP contribution in [0.5, 0.6) is 0 Å². The van der Waals surface area contributed by atoms with Crippen molar-refractivity contribution in [1.82, 2.24) is 14.8 Å². The van der Waals surface area contributed by atoms with Crippen LogP contribution >= 0.6 is 23.3 Å². The van der Waals surface area contributed by atoms with Crippen molar-refractivity contribution in [3.05, 3.63) is 39.8 Å². The van der Waals surface area contributed by atoms with E-state index < -0.39 is 4.92 Å². The highest BCUT2D eigenvalue weighted by Crippen LogP contribution is 2.28. The normalized spacial score (nSPS) is 15.2. The van der Waals surface area contributed by atoms with E-state index in [2.05, 4.69) is 14.6 Å². The smallest absolute Gasteiger partial charge is 0.302 e. The fraction of sp³-hybridized carbons (Fsp3) is 0.333. The first-order chi connectivity index (χ1) is 12.0. The molecule has 1 N–H and O–H groups in total. The lowest BCUT2D eigenvalue weighted by molar-refractivity contribution is -0.384. The van der Waals surface area contributed by atoms with Crippen LogP contribution in [0.1, 0.15) is 0 Å². The summed E-state index contributed by atoms with van der Waals surface area (Å²) in [6, 6.07) is 6.24. The summed E-state index contributed by atoms with van der Waals surface area (Å²) < 4.78 is 2.98. The van der Waals surface area contributed by atoms with Crippen molar-refractivity contribution in [3.8, 4) is 11.3 Å². The van der Waals surface area contributed by atoms with Gasteiger partial charge in [0.25, 0.3) is 5.69 Å². The molecule has 2 aromatic rings. The predicted octanol–water partition coefficient (Wildman–Crippen LogP) is 3.15. The number of nitrogens with one attached hydrogen (secondary N) is 1. The molecule has 25 heavy (non-hydrogen) atoms. The van der Waals surface area contributed by atoms with Crippen LogP contribution in [0.15, 0.2) is 29.6 Å². The predicted molar refractivity (Wildman–Crippen MR) is 99.9 cm³/mol. The molecule has 132 valence electrons. The topological polar surface area (TPSA) is 91.6 Å². The number of hydrogen-bond donors (Lipinski definition) is 1. The van der Waals surface area contributed by atoms with E-state index in [9.17, 15) is 14.9 Å². The molecule has 8 nitrogen and oxygen atoms in total. The molecule has 10 heteroatoms. The second-order valence-electron chi connectivity index (χ2n) is 5.60. The van der Waals surface area contributed by atoms with Crippen molar-refractivity contribution >= 4 is 39.3 Å². The molecule has 1 fully saturated rings. The summed E-state index contributed by atoms with van der Waals surface area (Å²) in [5.74, 6) is 0. The van der Waals surface area contributed by atoms with Gasteiger partial charge in [0.2, 0.25) is 0 Å². The number of rotatable bonds is 4. The molecule has 0 saturated carbocycles. The van der Waals surface area contributed by atoms with Crippen LogP contribution in [0.3, 0.4) is 0 Å². The zero-order valence-electron chi connectivity index (χ0n) is 13.5. The lowest BCUT2D eigenvalue weighted by atomic mass is 10.1. The average molecular weight is 379 g/mol. The van der Waals surface area contributed by atoms with Crippen molar-refractivity contribution in [3.63, 3.8) is 0 Å². The minimum Gasteiger partial charge on any atom is -0.330 e. The number of non-ortho nitro benzene ring substituents is 1. The summed E-state index contributed by atoms with van der Waals surface area (Å²) in [5.41, 5.74) is 1.56. The number of amides is 1. The van der Waals surface area contributed by atoms with Crippen molar-refractivity contribution in [2.75, 3.05) is 37.9 Å². The Bertz CT molecular complexity index is 757. The largest absolute Gasteiger partial charge is 0.330 e. The molecular weight excluding hydrogens is 362 g/mol. The molecular formula is C15H17N5O3S2. The summed E-state index contributed by atoms with van der Waals surface area (Å²) in [5, 5.41) is 13.2. The molecule has 0 aliphatic carbocycles. The van der Waals surface area contributed by atoms with Crippen molar-refractivity contribution in [2.24, 2.45) is 0 Å². The molecule has 1 amide bonds. The van der Waals surface area contributed by atoms with E-state index in [1.54, 1.807) is 12.1 Å². The first-order valence-electron chi connectivity index (χ1n) is 7.63. The Kier molecular flexibility index (Phi) is 5.51. The van der Waals surface area contributed by atoms with E-state index in [-0.39, 0.29) is 10.9 Å². The summed E-state index contributed by atoms with van der Waals surface area (Å²) in [7, 11) is 2.04. The minimum absolute atomic E-state index is 0.0137. The van der Waals surface area contributed by atoms with Crippen LogP contribution < -0.4 is 4.72 Å². The monoisotopic (exact) mass is 379 g/mol. The second kappa shape index (κ2) is 7.81. The van der Waals surface area contributed by atoms with Crippen LogP contribution in [0.25, 0.3) is 11.3 Å². The molecule has 3 rings (SSSR count). The van der Waals surface area contributed by atoms with Crippen LogP contribution in [0.2, 0.25) is 0 Å². The Balaban J connectivity index is 1.56. The standard InChI is InChI=1S/C15H17N5O3S2/c1-18-6-8-19(9-7-18)15(21)25-17-14-16-13(10-24-14)11-2-4-12(5-3-11)20(22)23/h2-5,10H,6-9H2,1H3,(H,16,17). The van der Waals surface area contributed by atoms with Crippen molar-refractivity contribution in [1.29, 1.82) is 0 Å². The number of nitro groups is 1. The molecule has 2 heterocycles. The van der Waals surface area contributed by atoms with Gasteiger partial charge in [0, 0.05) is 61.2 Å². The second-order valence-corrected chi connectivity index (χ2v) is 7.22. The number of carbonyl (C=O) groups is 1. The first kappa shape index (κ1) is 17.6. The third-order valence-electron chi connectivity index (χ3n) is 3.87.